The third-order valence-corrected chi connectivity index (χ3v) is 8.96. The van der Waals surface area contributed by atoms with E-state index in [4.69, 9.17) is 24.1 Å². The molecule has 4 rings (SSSR count). The van der Waals surface area contributed by atoms with E-state index in [9.17, 15) is 19.8 Å². The van der Waals surface area contributed by atoms with E-state index in [0.29, 0.717) is 25.9 Å². The quantitative estimate of drug-likeness (QED) is 0.127. The molecule has 2 bridgehead atoms. The van der Waals surface area contributed by atoms with Gasteiger partial charge in [0.25, 0.3) is 0 Å². The molecule has 1 spiro atoms. The lowest BCUT2D eigenvalue weighted by molar-refractivity contribution is -0.232. The van der Waals surface area contributed by atoms with Gasteiger partial charge in [0.2, 0.25) is 0 Å². The van der Waals surface area contributed by atoms with Gasteiger partial charge < -0.3 is 34.3 Å². The maximum absolute atomic E-state index is 12.8. The summed E-state index contributed by atoms with van der Waals surface area (Å²) in [4.78, 5) is 25.5. The van der Waals surface area contributed by atoms with Gasteiger partial charge in [-0.2, -0.15) is 0 Å². The van der Waals surface area contributed by atoms with Crippen molar-refractivity contribution in [3.05, 3.63) is 47.6 Å². The van der Waals surface area contributed by atoms with Crippen molar-refractivity contribution in [2.45, 2.75) is 89.5 Å². The van der Waals surface area contributed by atoms with Gasteiger partial charge >= 0.3 is 11.9 Å². The van der Waals surface area contributed by atoms with Crippen LogP contribution in [0, 0.1) is 10.8 Å². The summed E-state index contributed by atoms with van der Waals surface area (Å²) in [6, 6.07) is 0. The summed E-state index contributed by atoms with van der Waals surface area (Å²) in [6.45, 7) is 7.90. The second-order valence-electron chi connectivity index (χ2n) is 11.3. The van der Waals surface area contributed by atoms with Crippen LogP contribution in [-0.2, 0) is 28.5 Å². The van der Waals surface area contributed by atoms with Crippen LogP contribution in [0.1, 0.15) is 53.4 Å². The molecular formula is C29H40O9. The molecule has 0 aromatic rings. The maximum Gasteiger partial charge on any atom is 0.331 e. The van der Waals surface area contributed by atoms with Crippen molar-refractivity contribution in [1.29, 1.82) is 0 Å². The number of aliphatic hydroxyl groups excluding tert-OH is 3. The zero-order valence-corrected chi connectivity index (χ0v) is 22.6. The molecule has 1 saturated carbocycles. The Morgan fingerprint density at radius 1 is 1.26 bits per heavy atom. The van der Waals surface area contributed by atoms with E-state index in [2.05, 4.69) is 19.9 Å². The fourth-order valence-electron chi connectivity index (χ4n) is 6.48. The van der Waals surface area contributed by atoms with Crippen molar-refractivity contribution in [3.63, 3.8) is 0 Å². The summed E-state index contributed by atoms with van der Waals surface area (Å²) < 4.78 is 24.6. The Balaban J connectivity index is 1.58. The smallest absolute Gasteiger partial charge is 0.331 e. The Bertz CT molecular complexity index is 1040. The molecule has 0 radical (unpaired) electrons. The molecule has 3 N–H and O–H groups in total. The zero-order valence-electron chi connectivity index (χ0n) is 22.6. The minimum Gasteiger partial charge on any atom is -0.462 e. The van der Waals surface area contributed by atoms with Gasteiger partial charge in [0.15, 0.2) is 0 Å². The van der Waals surface area contributed by atoms with Gasteiger partial charge in [-0.05, 0) is 40.0 Å². The van der Waals surface area contributed by atoms with Crippen LogP contribution in [0.25, 0.3) is 0 Å². The number of hydrogen-bond acceptors (Lipinski definition) is 9. The van der Waals surface area contributed by atoms with E-state index in [-0.39, 0.29) is 25.4 Å². The number of hydrogen-bond donors (Lipinski definition) is 3. The van der Waals surface area contributed by atoms with Crippen molar-refractivity contribution < 1.29 is 43.9 Å². The molecule has 2 aliphatic heterocycles. The molecule has 8 atom stereocenters. The number of fused-ring (bicyclic) bond motifs is 2. The van der Waals surface area contributed by atoms with E-state index < -0.39 is 46.7 Å². The standard InChI is InChI=1S/C29H40O9/c1-18-9-11-28(16-35-26(34)14-19(2)10-12-30)23(13-18)37-24-15-22(27(28,4)29(24)17-36-29)38-25(33)8-6-5-7-21(32)20(3)31/h5-8,13-14,20-24,30-32H,9-12,15-17H2,1-4H3/b7-5-,8-6+,19-14+/t20-,21-,22-,23-,24-,27-,28-,29+/m1/s1. The number of aliphatic hydroxyl groups is 3. The van der Waals surface area contributed by atoms with Crippen LogP contribution in [0.3, 0.4) is 0 Å². The molecule has 210 valence electrons. The second-order valence-corrected chi connectivity index (χ2v) is 11.3. The third-order valence-electron chi connectivity index (χ3n) is 8.96. The minimum absolute atomic E-state index is 0.0444. The second kappa shape index (κ2) is 11.1. The molecular weight excluding hydrogens is 492 g/mol. The highest BCUT2D eigenvalue weighted by Crippen LogP contribution is 2.72. The number of ether oxygens (including phenoxy) is 4. The number of allylic oxidation sites excluding steroid dienone is 3. The van der Waals surface area contributed by atoms with Crippen LogP contribution < -0.4 is 0 Å². The Morgan fingerprint density at radius 2 is 2.00 bits per heavy atom. The topological polar surface area (TPSA) is 135 Å². The molecule has 38 heavy (non-hydrogen) atoms. The van der Waals surface area contributed by atoms with Crippen LogP contribution in [0.4, 0.5) is 0 Å². The van der Waals surface area contributed by atoms with Crippen LogP contribution in [0.15, 0.2) is 47.6 Å². The van der Waals surface area contributed by atoms with Crippen LogP contribution >= 0.6 is 0 Å². The van der Waals surface area contributed by atoms with Gasteiger partial charge in [0.05, 0.1) is 36.4 Å². The van der Waals surface area contributed by atoms with Gasteiger partial charge in [0, 0.05) is 30.6 Å². The lowest BCUT2D eigenvalue weighted by Crippen LogP contribution is -2.66. The molecule has 3 fully saturated rings. The van der Waals surface area contributed by atoms with E-state index in [1.54, 1.807) is 6.92 Å². The van der Waals surface area contributed by atoms with Gasteiger partial charge in [0.1, 0.15) is 18.3 Å². The first-order valence-corrected chi connectivity index (χ1v) is 13.3. The number of rotatable bonds is 10. The highest BCUT2D eigenvalue weighted by atomic mass is 16.6. The van der Waals surface area contributed by atoms with Crippen molar-refractivity contribution in [3.8, 4) is 0 Å². The van der Waals surface area contributed by atoms with Crippen LogP contribution in [0.2, 0.25) is 0 Å². The summed E-state index contributed by atoms with van der Waals surface area (Å²) in [5.41, 5.74) is -0.0208. The predicted octanol–water partition coefficient (Wildman–Crippen LogP) is 2.30. The predicted molar refractivity (Wildman–Crippen MR) is 138 cm³/mol. The number of carbonyl (C=O) groups is 2. The first kappa shape index (κ1) is 28.7. The first-order valence-electron chi connectivity index (χ1n) is 13.3. The van der Waals surface area contributed by atoms with Gasteiger partial charge in [-0.1, -0.05) is 42.4 Å². The van der Waals surface area contributed by atoms with Gasteiger partial charge in [-0.3, -0.25) is 0 Å². The van der Waals surface area contributed by atoms with Crippen molar-refractivity contribution in [2.75, 3.05) is 19.8 Å². The molecule has 4 aliphatic rings. The van der Waals surface area contributed by atoms with E-state index in [1.165, 1.54) is 42.9 Å². The summed E-state index contributed by atoms with van der Waals surface area (Å²) in [7, 11) is 0. The molecule has 9 nitrogen and oxygen atoms in total. The first-order chi connectivity index (χ1) is 18.0. The molecule has 9 heteroatoms. The summed E-state index contributed by atoms with van der Waals surface area (Å²) in [6.07, 6.45) is 8.43. The highest BCUT2D eigenvalue weighted by Gasteiger charge is 2.83. The third kappa shape index (κ3) is 5.02. The molecule has 2 aliphatic carbocycles. The average Bonchev–Trinajstić information content (AvgIpc) is 3.63. The number of esters is 2. The van der Waals surface area contributed by atoms with E-state index in [1.807, 2.05) is 0 Å². The van der Waals surface area contributed by atoms with Crippen molar-refractivity contribution in [2.24, 2.45) is 10.8 Å². The fraction of sp³-hybridized carbons (Fsp3) is 0.655. The summed E-state index contributed by atoms with van der Waals surface area (Å²) >= 11 is 0. The minimum atomic E-state index is -1.03. The summed E-state index contributed by atoms with van der Waals surface area (Å²) in [5, 5.41) is 28.2. The number of epoxide rings is 1. The lowest BCUT2D eigenvalue weighted by atomic mass is 9.51. The normalized spacial score (nSPS) is 37.7. The monoisotopic (exact) mass is 532 g/mol. The molecule has 2 heterocycles. The Morgan fingerprint density at radius 3 is 2.66 bits per heavy atom. The van der Waals surface area contributed by atoms with Gasteiger partial charge in [-0.15, -0.1) is 0 Å². The van der Waals surface area contributed by atoms with Gasteiger partial charge in [-0.25, -0.2) is 9.59 Å². The maximum atomic E-state index is 12.8. The fourth-order valence-corrected chi connectivity index (χ4v) is 6.48. The Kier molecular flexibility index (Phi) is 8.35. The summed E-state index contributed by atoms with van der Waals surface area (Å²) in [5.74, 6) is -1.02. The molecule has 0 aromatic carbocycles. The average molecular weight is 533 g/mol. The van der Waals surface area contributed by atoms with Crippen LogP contribution in [-0.4, -0.2) is 83.2 Å². The molecule has 0 aromatic heterocycles. The van der Waals surface area contributed by atoms with E-state index >= 15 is 0 Å². The Labute approximate surface area is 223 Å². The van der Waals surface area contributed by atoms with Crippen LogP contribution in [0.5, 0.6) is 0 Å². The number of carbonyl (C=O) groups excluding carboxylic acids is 2. The molecule has 2 saturated heterocycles. The molecule has 0 amide bonds. The van der Waals surface area contributed by atoms with Crippen molar-refractivity contribution in [1.82, 2.24) is 0 Å². The zero-order chi connectivity index (χ0) is 27.7. The largest absolute Gasteiger partial charge is 0.462 e. The SMILES string of the molecule is CC1=C[C@H]2O[C@@H]3C[C@@H](OC(=O)/C=C/C=C\[C@@H](O)[C@@H](C)O)[C@](C)([C@@]2(COC(=O)/C=C(\C)CCO)CC1)[C@]31CO1. The molecule has 0 unspecified atom stereocenters. The Hall–Kier alpha value is -2.30. The highest BCUT2D eigenvalue weighted by molar-refractivity contribution is 5.83. The van der Waals surface area contributed by atoms with Crippen molar-refractivity contribution >= 4 is 11.9 Å². The lowest BCUT2D eigenvalue weighted by Gasteiger charge is -2.58. The van der Waals surface area contributed by atoms with E-state index in [0.717, 1.165) is 12.0 Å².